The molecule has 6 N–H and O–H groups in total. The van der Waals surface area contributed by atoms with Crippen LogP contribution in [0.4, 0.5) is 10.7 Å². The Labute approximate surface area is 127 Å². The van der Waals surface area contributed by atoms with Gasteiger partial charge in [-0.2, -0.15) is 0 Å². The number of nitrogens with two attached hydrogens (primary N) is 3. The van der Waals surface area contributed by atoms with Crippen LogP contribution in [0.3, 0.4) is 0 Å². The summed E-state index contributed by atoms with van der Waals surface area (Å²) in [6.45, 7) is 1.47. The molecule has 1 aromatic heterocycles. The summed E-state index contributed by atoms with van der Waals surface area (Å²) in [6, 6.07) is 0.179. The summed E-state index contributed by atoms with van der Waals surface area (Å²) in [6.07, 6.45) is 1.68. The highest BCUT2D eigenvalue weighted by molar-refractivity contribution is 7.19. The fourth-order valence-electron chi connectivity index (χ4n) is 2.36. The molecule has 8 heteroatoms. The van der Waals surface area contributed by atoms with Gasteiger partial charge in [-0.25, -0.2) is 0 Å². The molecular formula is C13H21N5O2S. The molecule has 0 atom stereocenters. The topological polar surface area (TPSA) is 119 Å². The van der Waals surface area contributed by atoms with Gasteiger partial charge in [-0.3, -0.25) is 9.59 Å². The molecule has 0 spiro atoms. The molecule has 0 aromatic carbocycles. The molecule has 7 nitrogen and oxygen atoms in total. The first-order valence-electron chi connectivity index (χ1n) is 6.77. The number of primary amides is 1. The Hall–Kier alpha value is -1.80. The van der Waals surface area contributed by atoms with Crippen LogP contribution in [0.15, 0.2) is 0 Å². The molecule has 21 heavy (non-hydrogen) atoms. The van der Waals surface area contributed by atoms with E-state index in [1.807, 2.05) is 4.90 Å². The highest BCUT2D eigenvalue weighted by atomic mass is 32.1. The Bertz CT molecular complexity index is 561. The van der Waals surface area contributed by atoms with Gasteiger partial charge in [-0.1, -0.05) is 0 Å². The minimum atomic E-state index is -0.605. The summed E-state index contributed by atoms with van der Waals surface area (Å²) < 4.78 is 0. The molecule has 1 aromatic rings. The molecule has 116 valence electrons. The fourth-order valence-corrected chi connectivity index (χ4v) is 3.66. The number of carbonyl (C=O) groups is 2. The SMILES string of the molecule is CN(C)C(=O)c1sc(N2CCC(N)CC2)c(C(N)=O)c1N. The van der Waals surface area contributed by atoms with Gasteiger partial charge in [0.1, 0.15) is 9.88 Å². The zero-order chi connectivity index (χ0) is 15.7. The van der Waals surface area contributed by atoms with Gasteiger partial charge in [0.05, 0.1) is 11.3 Å². The van der Waals surface area contributed by atoms with Crippen LogP contribution in [0.2, 0.25) is 0 Å². The second-order valence-electron chi connectivity index (χ2n) is 5.41. The van der Waals surface area contributed by atoms with E-state index in [0.717, 1.165) is 25.9 Å². The molecule has 0 aliphatic carbocycles. The van der Waals surface area contributed by atoms with Crippen molar-refractivity contribution in [3.8, 4) is 0 Å². The predicted octanol–water partition coefficient (Wildman–Crippen LogP) is 0.0585. The van der Waals surface area contributed by atoms with Gasteiger partial charge in [0.15, 0.2) is 0 Å². The van der Waals surface area contributed by atoms with E-state index in [-0.39, 0.29) is 23.2 Å². The number of amides is 2. The largest absolute Gasteiger partial charge is 0.397 e. The maximum atomic E-state index is 12.2. The quantitative estimate of drug-likeness (QED) is 0.729. The van der Waals surface area contributed by atoms with E-state index >= 15 is 0 Å². The van der Waals surface area contributed by atoms with Crippen LogP contribution in [0, 0.1) is 0 Å². The monoisotopic (exact) mass is 311 g/mol. The molecule has 0 radical (unpaired) electrons. The van der Waals surface area contributed by atoms with Crippen molar-refractivity contribution in [3.63, 3.8) is 0 Å². The molecule has 0 bridgehead atoms. The first-order valence-corrected chi connectivity index (χ1v) is 7.58. The minimum Gasteiger partial charge on any atom is -0.397 e. The van der Waals surface area contributed by atoms with Crippen molar-refractivity contribution in [3.05, 3.63) is 10.4 Å². The molecule has 1 fully saturated rings. The maximum absolute atomic E-state index is 12.2. The molecule has 0 unspecified atom stereocenters. The standard InChI is InChI=1S/C13H21N5O2S/c1-17(2)12(20)10-9(15)8(11(16)19)13(21-10)18-5-3-7(14)4-6-18/h7H,3-6,14-15H2,1-2H3,(H2,16,19). The first-order chi connectivity index (χ1) is 9.82. The second kappa shape index (κ2) is 5.90. The molecule has 2 rings (SSSR count). The van der Waals surface area contributed by atoms with Crippen molar-refractivity contribution < 1.29 is 9.59 Å². The van der Waals surface area contributed by atoms with Gasteiger partial charge in [-0.15, -0.1) is 11.3 Å². The van der Waals surface area contributed by atoms with Gasteiger partial charge in [0, 0.05) is 33.2 Å². The maximum Gasteiger partial charge on any atom is 0.265 e. The van der Waals surface area contributed by atoms with Gasteiger partial charge in [-0.05, 0) is 12.8 Å². The van der Waals surface area contributed by atoms with E-state index in [2.05, 4.69) is 0 Å². The van der Waals surface area contributed by atoms with Crippen molar-refractivity contribution in [1.82, 2.24) is 4.90 Å². The molecular weight excluding hydrogens is 290 g/mol. The summed E-state index contributed by atoms with van der Waals surface area (Å²) in [5.41, 5.74) is 17.8. The van der Waals surface area contributed by atoms with Crippen LogP contribution in [0.25, 0.3) is 0 Å². The van der Waals surface area contributed by atoms with Crippen molar-refractivity contribution in [2.45, 2.75) is 18.9 Å². The minimum absolute atomic E-state index is 0.177. The highest BCUT2D eigenvalue weighted by Gasteiger charge is 2.29. The summed E-state index contributed by atoms with van der Waals surface area (Å²) in [5, 5.41) is 0.678. The summed E-state index contributed by atoms with van der Waals surface area (Å²) in [5.74, 6) is -0.827. The van der Waals surface area contributed by atoms with Gasteiger partial charge in [0.2, 0.25) is 0 Å². The summed E-state index contributed by atoms with van der Waals surface area (Å²) in [4.78, 5) is 27.7. The van der Waals surface area contributed by atoms with Crippen molar-refractivity contribution in [1.29, 1.82) is 0 Å². The molecule has 1 aliphatic rings. The Morgan fingerprint density at radius 2 is 1.86 bits per heavy atom. The van der Waals surface area contributed by atoms with E-state index in [9.17, 15) is 9.59 Å². The summed E-state index contributed by atoms with van der Waals surface area (Å²) >= 11 is 1.23. The van der Waals surface area contributed by atoms with E-state index < -0.39 is 5.91 Å². The fraction of sp³-hybridized carbons (Fsp3) is 0.538. The summed E-state index contributed by atoms with van der Waals surface area (Å²) in [7, 11) is 3.29. The zero-order valence-corrected chi connectivity index (χ0v) is 13.1. The molecule has 2 amide bonds. The molecule has 1 saturated heterocycles. The average Bonchev–Trinajstić information content (AvgIpc) is 2.76. The Balaban J connectivity index is 2.43. The van der Waals surface area contributed by atoms with Crippen LogP contribution >= 0.6 is 11.3 Å². The van der Waals surface area contributed by atoms with Crippen molar-refractivity contribution >= 4 is 33.8 Å². The third-order valence-electron chi connectivity index (χ3n) is 3.60. The Morgan fingerprint density at radius 3 is 2.33 bits per heavy atom. The number of nitrogen functional groups attached to an aromatic ring is 1. The van der Waals surface area contributed by atoms with Gasteiger partial charge >= 0.3 is 0 Å². The lowest BCUT2D eigenvalue weighted by molar-refractivity contribution is 0.0833. The third-order valence-corrected chi connectivity index (χ3v) is 4.85. The number of piperidine rings is 1. The van der Waals surface area contributed by atoms with E-state index in [0.29, 0.717) is 9.88 Å². The normalized spacial score (nSPS) is 16.0. The number of nitrogens with zero attached hydrogens (tertiary/aromatic N) is 2. The zero-order valence-electron chi connectivity index (χ0n) is 12.3. The molecule has 2 heterocycles. The average molecular weight is 311 g/mol. The van der Waals surface area contributed by atoms with Gasteiger partial charge < -0.3 is 27.0 Å². The van der Waals surface area contributed by atoms with E-state index in [1.54, 1.807) is 14.1 Å². The lowest BCUT2D eigenvalue weighted by Crippen LogP contribution is -2.40. The number of thiophene rings is 1. The van der Waals surface area contributed by atoms with Crippen LogP contribution in [-0.4, -0.2) is 49.9 Å². The van der Waals surface area contributed by atoms with Crippen LogP contribution < -0.4 is 22.1 Å². The number of hydrogen-bond donors (Lipinski definition) is 3. The lowest BCUT2D eigenvalue weighted by Gasteiger charge is -2.31. The van der Waals surface area contributed by atoms with Crippen LogP contribution in [-0.2, 0) is 0 Å². The van der Waals surface area contributed by atoms with Crippen molar-refractivity contribution in [2.75, 3.05) is 37.8 Å². The predicted molar refractivity (Wildman–Crippen MR) is 84.7 cm³/mol. The number of carbonyl (C=O) groups excluding carboxylic acids is 2. The van der Waals surface area contributed by atoms with Crippen LogP contribution in [0.1, 0.15) is 32.9 Å². The highest BCUT2D eigenvalue weighted by Crippen LogP contribution is 2.39. The van der Waals surface area contributed by atoms with E-state index in [1.165, 1.54) is 16.2 Å². The van der Waals surface area contributed by atoms with Crippen molar-refractivity contribution in [2.24, 2.45) is 11.5 Å². The van der Waals surface area contributed by atoms with E-state index in [4.69, 9.17) is 17.2 Å². The van der Waals surface area contributed by atoms with Crippen LogP contribution in [0.5, 0.6) is 0 Å². The number of rotatable bonds is 3. The Morgan fingerprint density at radius 1 is 1.29 bits per heavy atom. The molecule has 1 aliphatic heterocycles. The number of hydrogen-bond acceptors (Lipinski definition) is 6. The van der Waals surface area contributed by atoms with Gasteiger partial charge in [0.25, 0.3) is 11.8 Å². The first kappa shape index (κ1) is 15.6. The lowest BCUT2D eigenvalue weighted by atomic mass is 10.1. The second-order valence-corrected chi connectivity index (χ2v) is 6.41. The number of anilines is 2. The Kier molecular flexibility index (Phi) is 4.38. The smallest absolute Gasteiger partial charge is 0.265 e. The third kappa shape index (κ3) is 2.96. The molecule has 0 saturated carbocycles.